The first kappa shape index (κ1) is 18.0. The number of nitrogens with zero attached hydrogens (tertiary/aromatic N) is 2. The van der Waals surface area contributed by atoms with E-state index in [4.69, 9.17) is 0 Å². The first-order chi connectivity index (χ1) is 11.3. The van der Waals surface area contributed by atoms with Crippen LogP contribution in [-0.2, 0) is 12.0 Å². The third kappa shape index (κ3) is 4.58. The standard InChI is InChI=1S/C18H21N3O2S/c1-18(2,3)15-6-4-14(5-7-15)16(22)21(24)17(23)20-12-13-8-10-19-11-9-13/h4-11,24H,12H2,1-3H3,(H,20,23). The van der Waals surface area contributed by atoms with Gasteiger partial charge >= 0.3 is 6.03 Å². The summed E-state index contributed by atoms with van der Waals surface area (Å²) < 4.78 is 0.785. The average Bonchev–Trinajstić information content (AvgIpc) is 2.58. The SMILES string of the molecule is CC(C)(C)c1ccc(C(=O)N(S)C(=O)NCc2ccncc2)cc1. The van der Waals surface area contributed by atoms with Crippen molar-refractivity contribution in [2.45, 2.75) is 32.7 Å². The van der Waals surface area contributed by atoms with Gasteiger partial charge in [0.15, 0.2) is 0 Å². The Labute approximate surface area is 147 Å². The van der Waals surface area contributed by atoms with Gasteiger partial charge in [-0.1, -0.05) is 45.7 Å². The van der Waals surface area contributed by atoms with Crippen molar-refractivity contribution >= 4 is 24.8 Å². The van der Waals surface area contributed by atoms with E-state index in [1.165, 1.54) is 0 Å². The molecule has 24 heavy (non-hydrogen) atoms. The third-order valence-electron chi connectivity index (χ3n) is 3.58. The molecule has 6 heteroatoms. The molecule has 0 aliphatic heterocycles. The van der Waals surface area contributed by atoms with E-state index in [-0.39, 0.29) is 5.41 Å². The largest absolute Gasteiger partial charge is 0.334 e. The fourth-order valence-electron chi connectivity index (χ4n) is 2.08. The maximum Gasteiger partial charge on any atom is 0.334 e. The molecule has 0 fully saturated rings. The van der Waals surface area contributed by atoms with Gasteiger partial charge in [-0.2, -0.15) is 0 Å². The summed E-state index contributed by atoms with van der Waals surface area (Å²) in [4.78, 5) is 28.3. The minimum absolute atomic E-state index is 0.00411. The van der Waals surface area contributed by atoms with Gasteiger partial charge in [0.05, 0.1) is 0 Å². The number of urea groups is 1. The average molecular weight is 343 g/mol. The van der Waals surface area contributed by atoms with Crippen LogP contribution in [0.15, 0.2) is 48.8 Å². The molecule has 126 valence electrons. The highest BCUT2D eigenvalue weighted by atomic mass is 32.1. The van der Waals surface area contributed by atoms with Crippen LogP contribution in [0.5, 0.6) is 0 Å². The Kier molecular flexibility index (Phi) is 5.62. The Balaban J connectivity index is 1.99. The summed E-state index contributed by atoms with van der Waals surface area (Å²) in [6.45, 7) is 6.60. The number of rotatable bonds is 3. The molecule has 0 unspecified atom stereocenters. The van der Waals surface area contributed by atoms with E-state index in [1.807, 2.05) is 12.1 Å². The van der Waals surface area contributed by atoms with Crippen LogP contribution in [0.3, 0.4) is 0 Å². The molecule has 0 saturated heterocycles. The van der Waals surface area contributed by atoms with Gasteiger partial charge in [-0.15, -0.1) is 0 Å². The fourth-order valence-corrected chi connectivity index (χ4v) is 2.27. The highest BCUT2D eigenvalue weighted by molar-refractivity contribution is 7.79. The smallest absolute Gasteiger partial charge is 0.333 e. The topological polar surface area (TPSA) is 62.3 Å². The molecule has 0 saturated carbocycles. The first-order valence-electron chi connectivity index (χ1n) is 7.59. The molecular weight excluding hydrogens is 322 g/mol. The number of pyridine rings is 1. The van der Waals surface area contributed by atoms with Gasteiger partial charge in [0, 0.05) is 24.5 Å². The second kappa shape index (κ2) is 7.49. The summed E-state index contributed by atoms with van der Waals surface area (Å²) in [7, 11) is 0. The van der Waals surface area contributed by atoms with E-state index in [0.717, 1.165) is 15.4 Å². The highest BCUT2D eigenvalue weighted by Gasteiger charge is 2.20. The predicted molar refractivity (Wildman–Crippen MR) is 96.8 cm³/mol. The van der Waals surface area contributed by atoms with Gasteiger partial charge in [0.25, 0.3) is 5.91 Å². The maximum absolute atomic E-state index is 12.3. The predicted octanol–water partition coefficient (Wildman–Crippen LogP) is 3.58. The Bertz CT molecular complexity index is 709. The lowest BCUT2D eigenvalue weighted by molar-refractivity contribution is 0.0895. The molecule has 1 heterocycles. The lowest BCUT2D eigenvalue weighted by atomic mass is 9.87. The number of imide groups is 1. The van der Waals surface area contributed by atoms with Crippen LogP contribution < -0.4 is 5.32 Å². The summed E-state index contributed by atoms with van der Waals surface area (Å²) in [6.07, 6.45) is 3.28. The van der Waals surface area contributed by atoms with E-state index < -0.39 is 11.9 Å². The minimum Gasteiger partial charge on any atom is -0.333 e. The van der Waals surface area contributed by atoms with E-state index in [1.54, 1.807) is 36.7 Å². The molecule has 2 aromatic rings. The molecule has 0 aliphatic carbocycles. The molecule has 1 aromatic heterocycles. The molecule has 5 nitrogen and oxygen atoms in total. The number of amides is 3. The molecule has 0 radical (unpaired) electrons. The molecule has 0 aliphatic rings. The van der Waals surface area contributed by atoms with Crippen molar-refractivity contribution < 1.29 is 9.59 Å². The summed E-state index contributed by atoms with van der Waals surface area (Å²) in [6, 6.07) is 10.2. The zero-order valence-corrected chi connectivity index (χ0v) is 14.9. The quantitative estimate of drug-likeness (QED) is 0.838. The Morgan fingerprint density at radius 3 is 2.21 bits per heavy atom. The molecule has 0 bridgehead atoms. The second-order valence-corrected chi connectivity index (χ2v) is 6.86. The van der Waals surface area contributed by atoms with E-state index in [0.29, 0.717) is 12.1 Å². The number of thiol groups is 1. The van der Waals surface area contributed by atoms with Crippen molar-refractivity contribution in [2.24, 2.45) is 0 Å². The minimum atomic E-state index is -0.569. The normalized spacial score (nSPS) is 11.0. The zero-order chi connectivity index (χ0) is 17.7. The van der Waals surface area contributed by atoms with Crippen molar-refractivity contribution in [3.8, 4) is 0 Å². The Morgan fingerprint density at radius 1 is 1.08 bits per heavy atom. The number of benzene rings is 1. The third-order valence-corrected chi connectivity index (χ3v) is 3.94. The Morgan fingerprint density at radius 2 is 1.67 bits per heavy atom. The number of hydrogen-bond donors (Lipinski definition) is 2. The summed E-state index contributed by atoms with van der Waals surface area (Å²) in [5, 5.41) is 2.65. The number of nitrogens with one attached hydrogen (secondary N) is 1. The van der Waals surface area contributed by atoms with Gasteiger partial charge in [-0.25, -0.2) is 9.10 Å². The van der Waals surface area contributed by atoms with Crippen LogP contribution in [0.25, 0.3) is 0 Å². The van der Waals surface area contributed by atoms with E-state index >= 15 is 0 Å². The molecule has 0 atom stereocenters. The number of hydrogen-bond acceptors (Lipinski definition) is 4. The van der Waals surface area contributed by atoms with Gasteiger partial charge in [0.1, 0.15) is 0 Å². The molecular formula is C18H21N3O2S. The molecule has 1 N–H and O–H groups in total. The summed E-state index contributed by atoms with van der Waals surface area (Å²) in [5.41, 5.74) is 2.43. The number of carbonyl (C=O) groups is 2. The Hall–Kier alpha value is -2.34. The van der Waals surface area contributed by atoms with Crippen LogP contribution in [-0.4, -0.2) is 21.2 Å². The van der Waals surface area contributed by atoms with Crippen LogP contribution >= 0.6 is 12.8 Å². The van der Waals surface area contributed by atoms with Gasteiger partial charge in [-0.05, 0) is 40.8 Å². The summed E-state index contributed by atoms with van der Waals surface area (Å²) in [5.74, 6) is -0.467. The fraction of sp³-hybridized carbons (Fsp3) is 0.278. The van der Waals surface area contributed by atoms with Crippen LogP contribution in [0.1, 0.15) is 42.3 Å². The van der Waals surface area contributed by atoms with Gasteiger partial charge < -0.3 is 5.32 Å². The highest BCUT2D eigenvalue weighted by Crippen LogP contribution is 2.22. The second-order valence-electron chi connectivity index (χ2n) is 6.46. The van der Waals surface area contributed by atoms with Crippen LogP contribution in [0, 0.1) is 0 Å². The first-order valence-corrected chi connectivity index (χ1v) is 7.99. The van der Waals surface area contributed by atoms with E-state index in [2.05, 4.69) is 43.9 Å². The van der Waals surface area contributed by atoms with Crippen molar-refractivity contribution in [2.75, 3.05) is 0 Å². The number of aromatic nitrogens is 1. The molecule has 0 spiro atoms. The lowest BCUT2D eigenvalue weighted by Gasteiger charge is -2.20. The van der Waals surface area contributed by atoms with Crippen LogP contribution in [0.2, 0.25) is 0 Å². The maximum atomic E-state index is 12.3. The zero-order valence-electron chi connectivity index (χ0n) is 14.0. The van der Waals surface area contributed by atoms with Gasteiger partial charge in [-0.3, -0.25) is 9.78 Å². The lowest BCUT2D eigenvalue weighted by Crippen LogP contribution is -2.37. The van der Waals surface area contributed by atoms with Crippen LogP contribution in [0.4, 0.5) is 4.79 Å². The summed E-state index contributed by atoms with van der Waals surface area (Å²) >= 11 is 4.02. The molecule has 1 aromatic carbocycles. The van der Waals surface area contributed by atoms with Crippen molar-refractivity contribution in [1.29, 1.82) is 0 Å². The molecule has 2 rings (SSSR count). The molecule has 3 amide bonds. The van der Waals surface area contributed by atoms with Crippen molar-refractivity contribution in [1.82, 2.24) is 14.6 Å². The van der Waals surface area contributed by atoms with Crippen molar-refractivity contribution in [3.05, 3.63) is 65.5 Å². The monoisotopic (exact) mass is 343 g/mol. The van der Waals surface area contributed by atoms with Gasteiger partial charge in [0.2, 0.25) is 0 Å². The van der Waals surface area contributed by atoms with E-state index in [9.17, 15) is 9.59 Å². The number of carbonyl (C=O) groups excluding carboxylic acids is 2. The van der Waals surface area contributed by atoms with Crippen molar-refractivity contribution in [3.63, 3.8) is 0 Å².